The van der Waals surface area contributed by atoms with Crippen LogP contribution in [0.3, 0.4) is 0 Å². The summed E-state index contributed by atoms with van der Waals surface area (Å²) in [6, 6.07) is 17.1. The summed E-state index contributed by atoms with van der Waals surface area (Å²) in [4.78, 5) is 16.8. The summed E-state index contributed by atoms with van der Waals surface area (Å²) >= 11 is 0. The molecule has 1 fully saturated rings. The van der Waals surface area contributed by atoms with Crippen LogP contribution in [0.15, 0.2) is 54.6 Å². The van der Waals surface area contributed by atoms with Gasteiger partial charge in [0, 0.05) is 26.2 Å². The molecule has 0 unspecified atom stereocenters. The normalized spacial score (nSPS) is 14.3. The Balaban J connectivity index is 1.47. The van der Waals surface area contributed by atoms with Crippen LogP contribution in [-0.4, -0.2) is 64.3 Å². The van der Waals surface area contributed by atoms with Gasteiger partial charge in [0.1, 0.15) is 5.75 Å². The number of carbonyl (C=O) groups excluding carboxylic acids is 1. The fourth-order valence-corrected chi connectivity index (χ4v) is 3.22. The monoisotopic (exact) mass is 364 g/mol. The lowest BCUT2D eigenvalue weighted by molar-refractivity contribution is 0.0742. The lowest BCUT2D eigenvalue weighted by Crippen LogP contribution is -2.49. The van der Waals surface area contributed by atoms with Gasteiger partial charge in [-0.3, -0.25) is 4.79 Å². The molecule has 1 aromatic heterocycles. The first-order chi connectivity index (χ1) is 13.3. The average Bonchev–Trinajstić information content (AvgIpc) is 3.24. The second kappa shape index (κ2) is 7.45. The van der Waals surface area contributed by atoms with Crippen LogP contribution >= 0.6 is 0 Å². The third-order valence-corrected chi connectivity index (χ3v) is 4.64. The first-order valence-electron chi connectivity index (χ1n) is 8.79. The van der Waals surface area contributed by atoms with E-state index < -0.39 is 0 Å². The molecule has 138 valence electrons. The molecule has 4 rings (SSSR count). The highest BCUT2D eigenvalue weighted by atomic mass is 16.5. The number of methoxy groups -OCH3 is 1. The molecule has 0 aliphatic carbocycles. The molecule has 27 heavy (non-hydrogen) atoms. The minimum Gasteiger partial charge on any atom is -0.496 e. The van der Waals surface area contributed by atoms with E-state index in [0.29, 0.717) is 43.4 Å². The summed E-state index contributed by atoms with van der Waals surface area (Å²) in [7, 11) is 1.58. The second-order valence-electron chi connectivity index (χ2n) is 6.21. The third-order valence-electron chi connectivity index (χ3n) is 4.64. The van der Waals surface area contributed by atoms with E-state index in [0.717, 1.165) is 5.69 Å². The summed E-state index contributed by atoms with van der Waals surface area (Å²) in [5, 5.41) is 12.1. The van der Waals surface area contributed by atoms with Crippen molar-refractivity contribution in [2.45, 2.75) is 0 Å². The Morgan fingerprint density at radius 3 is 2.41 bits per heavy atom. The molecule has 1 saturated heterocycles. The van der Waals surface area contributed by atoms with E-state index in [1.54, 1.807) is 23.9 Å². The second-order valence-corrected chi connectivity index (χ2v) is 6.21. The maximum atomic E-state index is 12.8. The molecule has 8 heteroatoms. The van der Waals surface area contributed by atoms with Crippen molar-refractivity contribution in [2.75, 3.05) is 38.2 Å². The molecule has 0 N–H and O–H groups in total. The zero-order chi connectivity index (χ0) is 18.6. The molecule has 8 nitrogen and oxygen atoms in total. The molecule has 0 spiro atoms. The number of benzene rings is 2. The molecule has 2 aromatic carbocycles. The largest absolute Gasteiger partial charge is 0.496 e. The third kappa shape index (κ3) is 3.33. The number of anilines is 1. The lowest BCUT2D eigenvalue weighted by atomic mass is 10.1. The highest BCUT2D eigenvalue weighted by Gasteiger charge is 2.26. The van der Waals surface area contributed by atoms with E-state index in [4.69, 9.17) is 4.74 Å². The van der Waals surface area contributed by atoms with Crippen molar-refractivity contribution in [3.05, 3.63) is 60.2 Å². The first kappa shape index (κ1) is 17.0. The summed E-state index contributed by atoms with van der Waals surface area (Å²) in [5.41, 5.74) is 1.49. The number of para-hydroxylation sites is 2. The molecule has 2 heterocycles. The number of hydrogen-bond acceptors (Lipinski definition) is 6. The van der Waals surface area contributed by atoms with Crippen LogP contribution in [0.25, 0.3) is 5.69 Å². The molecule has 1 amide bonds. The Morgan fingerprint density at radius 1 is 0.963 bits per heavy atom. The maximum absolute atomic E-state index is 12.8. The van der Waals surface area contributed by atoms with Gasteiger partial charge in [0.05, 0.1) is 18.4 Å². The zero-order valence-corrected chi connectivity index (χ0v) is 15.0. The minimum absolute atomic E-state index is 0.0187. The summed E-state index contributed by atoms with van der Waals surface area (Å²) in [6.07, 6.45) is 0. The fourth-order valence-electron chi connectivity index (χ4n) is 3.22. The van der Waals surface area contributed by atoms with Gasteiger partial charge in [-0.25, -0.2) is 0 Å². The summed E-state index contributed by atoms with van der Waals surface area (Å²) < 4.78 is 7.03. The molecular weight excluding hydrogens is 344 g/mol. The number of ether oxygens (including phenoxy) is 1. The van der Waals surface area contributed by atoms with Gasteiger partial charge in [0.25, 0.3) is 5.91 Å². The van der Waals surface area contributed by atoms with Gasteiger partial charge in [-0.15, -0.1) is 0 Å². The molecule has 3 aromatic rings. The number of tetrazole rings is 1. The van der Waals surface area contributed by atoms with E-state index in [2.05, 4.69) is 20.4 Å². The smallest absolute Gasteiger partial charge is 0.257 e. The predicted octanol–water partition coefficient (Wildman–Crippen LogP) is 1.63. The Hall–Kier alpha value is -3.42. The first-order valence-corrected chi connectivity index (χ1v) is 8.79. The number of nitrogens with zero attached hydrogens (tertiary/aromatic N) is 6. The number of aromatic nitrogens is 4. The molecular formula is C19H20N6O2. The van der Waals surface area contributed by atoms with Crippen LogP contribution < -0.4 is 9.64 Å². The number of piperazine rings is 1. The van der Waals surface area contributed by atoms with Crippen molar-refractivity contribution in [1.82, 2.24) is 25.1 Å². The number of hydrogen-bond donors (Lipinski definition) is 0. The Bertz CT molecular complexity index is 919. The molecule has 0 radical (unpaired) electrons. The average molecular weight is 364 g/mol. The fraction of sp³-hybridized carbons (Fsp3) is 0.263. The number of rotatable bonds is 4. The van der Waals surface area contributed by atoms with Gasteiger partial charge < -0.3 is 14.5 Å². The van der Waals surface area contributed by atoms with E-state index >= 15 is 0 Å². The Morgan fingerprint density at radius 2 is 1.67 bits per heavy atom. The van der Waals surface area contributed by atoms with Gasteiger partial charge in [-0.05, 0) is 34.7 Å². The van der Waals surface area contributed by atoms with Crippen LogP contribution in [0.2, 0.25) is 0 Å². The molecule has 0 saturated carbocycles. The quantitative estimate of drug-likeness (QED) is 0.700. The Kier molecular flexibility index (Phi) is 4.69. The SMILES string of the molecule is COc1ccccc1C(=O)N1CCN(c2nnnn2-c2ccccc2)CC1. The number of carbonyl (C=O) groups is 1. The summed E-state index contributed by atoms with van der Waals surface area (Å²) in [6.45, 7) is 2.51. The van der Waals surface area contributed by atoms with Crippen molar-refractivity contribution in [1.29, 1.82) is 0 Å². The van der Waals surface area contributed by atoms with Gasteiger partial charge in [0.2, 0.25) is 5.95 Å². The van der Waals surface area contributed by atoms with Crippen LogP contribution in [0, 0.1) is 0 Å². The minimum atomic E-state index is -0.0187. The molecule has 1 aliphatic rings. The van der Waals surface area contributed by atoms with Crippen LogP contribution in [0.4, 0.5) is 5.95 Å². The van der Waals surface area contributed by atoms with Crippen LogP contribution in [0.1, 0.15) is 10.4 Å². The van der Waals surface area contributed by atoms with Gasteiger partial charge in [-0.1, -0.05) is 35.4 Å². The molecule has 0 atom stereocenters. The number of amides is 1. The molecule has 1 aliphatic heterocycles. The van der Waals surface area contributed by atoms with Gasteiger partial charge in [0.15, 0.2) is 0 Å². The van der Waals surface area contributed by atoms with E-state index in [1.165, 1.54) is 0 Å². The van der Waals surface area contributed by atoms with Crippen LogP contribution in [0.5, 0.6) is 5.75 Å². The van der Waals surface area contributed by atoms with Crippen molar-refractivity contribution in [3.8, 4) is 11.4 Å². The van der Waals surface area contributed by atoms with E-state index in [9.17, 15) is 4.79 Å². The lowest BCUT2D eigenvalue weighted by Gasteiger charge is -2.35. The standard InChI is InChI=1S/C19H20N6O2/c1-27-17-10-6-5-9-16(17)18(26)23-11-13-24(14-12-23)19-20-21-22-25(19)15-7-3-2-4-8-15/h2-10H,11-14H2,1H3. The maximum Gasteiger partial charge on any atom is 0.257 e. The highest BCUT2D eigenvalue weighted by Crippen LogP contribution is 2.21. The predicted molar refractivity (Wildman–Crippen MR) is 100 cm³/mol. The van der Waals surface area contributed by atoms with Crippen molar-refractivity contribution < 1.29 is 9.53 Å². The van der Waals surface area contributed by atoms with Crippen molar-refractivity contribution in [2.24, 2.45) is 0 Å². The van der Waals surface area contributed by atoms with Crippen molar-refractivity contribution in [3.63, 3.8) is 0 Å². The van der Waals surface area contributed by atoms with Crippen molar-refractivity contribution >= 4 is 11.9 Å². The Labute approximate surface area is 157 Å². The summed E-state index contributed by atoms with van der Waals surface area (Å²) in [5.74, 6) is 1.26. The molecule has 0 bridgehead atoms. The zero-order valence-electron chi connectivity index (χ0n) is 15.0. The van der Waals surface area contributed by atoms with Crippen LogP contribution in [-0.2, 0) is 0 Å². The highest BCUT2D eigenvalue weighted by molar-refractivity contribution is 5.97. The van der Waals surface area contributed by atoms with Gasteiger partial charge in [-0.2, -0.15) is 4.68 Å². The van der Waals surface area contributed by atoms with E-state index in [-0.39, 0.29) is 5.91 Å². The topological polar surface area (TPSA) is 76.4 Å². The van der Waals surface area contributed by atoms with E-state index in [1.807, 2.05) is 47.4 Å². The van der Waals surface area contributed by atoms with Gasteiger partial charge >= 0.3 is 0 Å².